The Labute approximate surface area is 209 Å². The van der Waals surface area contributed by atoms with Crippen LogP contribution in [0.3, 0.4) is 0 Å². The molecule has 3 amide bonds. The van der Waals surface area contributed by atoms with E-state index >= 15 is 0 Å². The zero-order valence-corrected chi connectivity index (χ0v) is 20.5. The van der Waals surface area contributed by atoms with Gasteiger partial charge < -0.3 is 20.0 Å². The van der Waals surface area contributed by atoms with Crippen LogP contribution in [0.1, 0.15) is 59.1 Å². The molecule has 2 aromatic heterocycles. The Hall–Kier alpha value is -3.39. The third-order valence-electron chi connectivity index (χ3n) is 6.27. The SMILES string of the molecule is O=C(NCC(=O)N(CCc1ccccc1)[C@@H](C(=O)NC1CCCCC1)c1cccs1)c1ccco1. The van der Waals surface area contributed by atoms with Gasteiger partial charge in [-0.15, -0.1) is 11.3 Å². The first-order valence-electron chi connectivity index (χ1n) is 12.1. The summed E-state index contributed by atoms with van der Waals surface area (Å²) in [4.78, 5) is 41.8. The second-order valence-corrected chi connectivity index (χ2v) is 9.72. The molecule has 1 atom stereocenters. The number of rotatable bonds is 10. The molecule has 1 saturated carbocycles. The molecule has 35 heavy (non-hydrogen) atoms. The molecule has 3 aromatic rings. The lowest BCUT2D eigenvalue weighted by Crippen LogP contribution is -2.49. The molecule has 4 rings (SSSR count). The van der Waals surface area contributed by atoms with Gasteiger partial charge in [0.1, 0.15) is 6.04 Å². The standard InChI is InChI=1S/C27H31N3O4S/c31-24(19-28-26(32)22-13-7-17-34-22)30(16-15-20-9-3-1-4-10-20)25(23-14-8-18-35-23)27(33)29-21-11-5-2-6-12-21/h1,3-4,7-10,13-14,17-18,21,25H,2,5-6,11-12,15-16,19H2,(H,28,32)(H,29,33)/t25-/m1/s1. The Morgan fingerprint density at radius 1 is 1.00 bits per heavy atom. The van der Waals surface area contributed by atoms with E-state index in [4.69, 9.17) is 4.42 Å². The van der Waals surface area contributed by atoms with Gasteiger partial charge >= 0.3 is 0 Å². The Morgan fingerprint density at radius 2 is 1.80 bits per heavy atom. The highest BCUT2D eigenvalue weighted by Gasteiger charge is 2.33. The van der Waals surface area contributed by atoms with Gasteiger partial charge in [0.2, 0.25) is 11.8 Å². The maximum atomic E-state index is 13.6. The van der Waals surface area contributed by atoms with E-state index in [2.05, 4.69) is 10.6 Å². The zero-order chi connectivity index (χ0) is 24.5. The van der Waals surface area contributed by atoms with E-state index < -0.39 is 11.9 Å². The molecule has 2 heterocycles. The fourth-order valence-corrected chi connectivity index (χ4v) is 5.28. The quantitative estimate of drug-likeness (QED) is 0.440. The van der Waals surface area contributed by atoms with Gasteiger partial charge in [0.15, 0.2) is 5.76 Å². The molecule has 1 aliphatic rings. The van der Waals surface area contributed by atoms with E-state index in [0.717, 1.165) is 36.1 Å². The van der Waals surface area contributed by atoms with Gasteiger partial charge in [-0.3, -0.25) is 14.4 Å². The highest BCUT2D eigenvalue weighted by atomic mass is 32.1. The van der Waals surface area contributed by atoms with Crippen LogP contribution in [0.15, 0.2) is 70.7 Å². The van der Waals surface area contributed by atoms with E-state index in [0.29, 0.717) is 13.0 Å². The molecule has 1 aliphatic carbocycles. The maximum Gasteiger partial charge on any atom is 0.287 e. The number of amides is 3. The minimum atomic E-state index is -0.756. The van der Waals surface area contributed by atoms with Gasteiger partial charge in [-0.1, -0.05) is 55.7 Å². The zero-order valence-electron chi connectivity index (χ0n) is 19.7. The van der Waals surface area contributed by atoms with Gasteiger partial charge in [-0.25, -0.2) is 0 Å². The molecule has 0 bridgehead atoms. The molecule has 0 aliphatic heterocycles. The van der Waals surface area contributed by atoms with Crippen LogP contribution in [0.2, 0.25) is 0 Å². The third-order valence-corrected chi connectivity index (χ3v) is 7.20. The molecular weight excluding hydrogens is 462 g/mol. The van der Waals surface area contributed by atoms with Crippen LogP contribution >= 0.6 is 11.3 Å². The van der Waals surface area contributed by atoms with E-state index in [1.54, 1.807) is 17.0 Å². The van der Waals surface area contributed by atoms with Crippen LogP contribution in [-0.4, -0.2) is 41.8 Å². The molecule has 0 unspecified atom stereocenters. The van der Waals surface area contributed by atoms with Crippen molar-refractivity contribution in [2.75, 3.05) is 13.1 Å². The van der Waals surface area contributed by atoms with E-state index in [1.165, 1.54) is 24.0 Å². The highest BCUT2D eigenvalue weighted by Crippen LogP contribution is 2.27. The van der Waals surface area contributed by atoms with Gasteiger partial charge in [-0.05, 0) is 48.4 Å². The van der Waals surface area contributed by atoms with Crippen molar-refractivity contribution in [2.24, 2.45) is 0 Å². The van der Waals surface area contributed by atoms with Crippen LogP contribution in [0, 0.1) is 0 Å². The smallest absolute Gasteiger partial charge is 0.287 e. The van der Waals surface area contributed by atoms with Gasteiger partial charge in [0.05, 0.1) is 12.8 Å². The van der Waals surface area contributed by atoms with Crippen molar-refractivity contribution in [3.8, 4) is 0 Å². The van der Waals surface area contributed by atoms with Crippen molar-refractivity contribution >= 4 is 29.1 Å². The first-order valence-corrected chi connectivity index (χ1v) is 13.0. The largest absolute Gasteiger partial charge is 0.459 e. The van der Waals surface area contributed by atoms with Crippen molar-refractivity contribution in [3.63, 3.8) is 0 Å². The average molecular weight is 494 g/mol. The Balaban J connectivity index is 1.54. The van der Waals surface area contributed by atoms with Crippen molar-refractivity contribution < 1.29 is 18.8 Å². The van der Waals surface area contributed by atoms with Crippen LogP contribution in [0.4, 0.5) is 0 Å². The van der Waals surface area contributed by atoms with Crippen LogP contribution in [-0.2, 0) is 16.0 Å². The Morgan fingerprint density at radius 3 is 2.49 bits per heavy atom. The summed E-state index contributed by atoms with van der Waals surface area (Å²) in [6, 6.07) is 16.2. The fraction of sp³-hybridized carbons (Fsp3) is 0.370. The lowest BCUT2D eigenvalue weighted by atomic mass is 9.95. The van der Waals surface area contributed by atoms with E-state index in [-0.39, 0.29) is 30.2 Å². The molecule has 2 N–H and O–H groups in total. The summed E-state index contributed by atoms with van der Waals surface area (Å²) in [5.74, 6) is -0.819. The number of thiophene rings is 1. The lowest BCUT2D eigenvalue weighted by Gasteiger charge is -2.33. The molecule has 0 radical (unpaired) electrons. The second kappa shape index (κ2) is 12.4. The summed E-state index contributed by atoms with van der Waals surface area (Å²) in [7, 11) is 0. The molecule has 0 spiro atoms. The summed E-state index contributed by atoms with van der Waals surface area (Å²) in [5, 5.41) is 7.74. The highest BCUT2D eigenvalue weighted by molar-refractivity contribution is 7.10. The minimum Gasteiger partial charge on any atom is -0.459 e. The van der Waals surface area contributed by atoms with Crippen molar-refractivity contribution in [1.82, 2.24) is 15.5 Å². The normalized spacial score (nSPS) is 14.7. The second-order valence-electron chi connectivity index (χ2n) is 8.74. The number of carbonyl (C=O) groups excluding carboxylic acids is 3. The molecule has 1 fully saturated rings. The van der Waals surface area contributed by atoms with Crippen LogP contribution in [0.5, 0.6) is 0 Å². The molecule has 184 valence electrons. The van der Waals surface area contributed by atoms with Gasteiger partial charge in [0.25, 0.3) is 5.91 Å². The summed E-state index contributed by atoms with van der Waals surface area (Å²) in [5.41, 5.74) is 1.07. The van der Waals surface area contributed by atoms with Gasteiger partial charge in [0, 0.05) is 17.5 Å². The van der Waals surface area contributed by atoms with Crippen molar-refractivity contribution in [1.29, 1.82) is 0 Å². The summed E-state index contributed by atoms with van der Waals surface area (Å²) in [6.45, 7) is 0.118. The van der Waals surface area contributed by atoms with Gasteiger partial charge in [-0.2, -0.15) is 0 Å². The molecule has 8 heteroatoms. The van der Waals surface area contributed by atoms with E-state index in [1.807, 2.05) is 47.8 Å². The minimum absolute atomic E-state index is 0.128. The van der Waals surface area contributed by atoms with Crippen molar-refractivity contribution in [2.45, 2.75) is 50.6 Å². The average Bonchev–Trinajstić information content (AvgIpc) is 3.61. The predicted molar refractivity (Wildman–Crippen MR) is 135 cm³/mol. The number of hydrogen-bond acceptors (Lipinski definition) is 5. The Kier molecular flexibility index (Phi) is 8.73. The predicted octanol–water partition coefficient (Wildman–Crippen LogP) is 4.33. The number of carbonyl (C=O) groups is 3. The molecule has 7 nitrogen and oxygen atoms in total. The third kappa shape index (κ3) is 6.82. The number of benzene rings is 1. The first-order chi connectivity index (χ1) is 17.1. The summed E-state index contributed by atoms with van der Waals surface area (Å²) < 4.78 is 5.12. The number of hydrogen-bond donors (Lipinski definition) is 2. The number of nitrogens with zero attached hydrogens (tertiary/aromatic N) is 1. The maximum absolute atomic E-state index is 13.6. The molecule has 0 saturated heterocycles. The molecular formula is C27H31N3O4S. The Bertz CT molecular complexity index is 1080. The lowest BCUT2D eigenvalue weighted by molar-refractivity contribution is -0.140. The first kappa shape index (κ1) is 24.7. The van der Waals surface area contributed by atoms with Crippen LogP contribution < -0.4 is 10.6 Å². The number of nitrogens with one attached hydrogen (secondary N) is 2. The number of furan rings is 1. The van der Waals surface area contributed by atoms with Crippen molar-refractivity contribution in [3.05, 3.63) is 82.4 Å². The monoisotopic (exact) mass is 493 g/mol. The van der Waals surface area contributed by atoms with Crippen LogP contribution in [0.25, 0.3) is 0 Å². The topological polar surface area (TPSA) is 91.7 Å². The fourth-order valence-electron chi connectivity index (χ4n) is 4.44. The summed E-state index contributed by atoms with van der Waals surface area (Å²) >= 11 is 1.45. The summed E-state index contributed by atoms with van der Waals surface area (Å²) in [6.07, 6.45) is 7.31. The van der Waals surface area contributed by atoms with E-state index in [9.17, 15) is 14.4 Å². The molecule has 1 aromatic carbocycles.